The Hall–Kier alpha value is -2.38. The van der Waals surface area contributed by atoms with Crippen LogP contribution in [-0.2, 0) is 4.79 Å². The topological polar surface area (TPSA) is 62.4 Å². The highest BCUT2D eigenvalue weighted by Crippen LogP contribution is 2.35. The van der Waals surface area contributed by atoms with Gasteiger partial charge in [-0.2, -0.15) is 0 Å². The molecule has 0 unspecified atom stereocenters. The Balaban J connectivity index is 2.02. The number of hydrogen-bond donors (Lipinski definition) is 3. The quantitative estimate of drug-likeness (QED) is 0.640. The molecular formula is C19H18BrN3O2S. The standard InChI is InChI=1S/C19H18BrN3O2S/c1-11-16(18(24)22-13-6-4-3-5-7-13)17(23-19(26)21-11)14-10-12(20)8-9-15(14)25-2/h3-10,17H,1-2H3,(H,22,24)(H2,21,23,26)/t17-/m0/s1. The van der Waals surface area contributed by atoms with Gasteiger partial charge in [0, 0.05) is 21.4 Å². The van der Waals surface area contributed by atoms with Gasteiger partial charge in [-0.05, 0) is 49.5 Å². The highest BCUT2D eigenvalue weighted by molar-refractivity contribution is 9.10. The third-order valence-electron chi connectivity index (χ3n) is 4.05. The fourth-order valence-corrected chi connectivity index (χ4v) is 3.53. The molecule has 0 radical (unpaired) electrons. The number of benzene rings is 2. The average molecular weight is 432 g/mol. The summed E-state index contributed by atoms with van der Waals surface area (Å²) in [7, 11) is 1.60. The molecule has 2 aromatic carbocycles. The van der Waals surface area contributed by atoms with Crippen LogP contribution in [0.2, 0.25) is 0 Å². The van der Waals surface area contributed by atoms with E-state index >= 15 is 0 Å². The van der Waals surface area contributed by atoms with Crippen molar-refractivity contribution < 1.29 is 9.53 Å². The van der Waals surface area contributed by atoms with Gasteiger partial charge in [0.05, 0.1) is 18.7 Å². The van der Waals surface area contributed by atoms with Crippen molar-refractivity contribution in [3.8, 4) is 5.75 Å². The van der Waals surface area contributed by atoms with Crippen molar-refractivity contribution in [2.75, 3.05) is 12.4 Å². The number of allylic oxidation sites excluding steroid dienone is 1. The molecule has 3 N–H and O–H groups in total. The fraction of sp³-hybridized carbons (Fsp3) is 0.158. The van der Waals surface area contributed by atoms with E-state index in [1.54, 1.807) is 7.11 Å². The number of hydrogen-bond acceptors (Lipinski definition) is 3. The summed E-state index contributed by atoms with van der Waals surface area (Å²) in [5.74, 6) is 0.469. The van der Waals surface area contributed by atoms with Gasteiger partial charge in [0.2, 0.25) is 0 Å². The molecule has 1 amide bonds. The van der Waals surface area contributed by atoms with Crippen LogP contribution in [0.25, 0.3) is 0 Å². The van der Waals surface area contributed by atoms with Crippen molar-refractivity contribution in [1.82, 2.24) is 10.6 Å². The van der Waals surface area contributed by atoms with Crippen LogP contribution in [0.5, 0.6) is 5.75 Å². The van der Waals surface area contributed by atoms with Crippen LogP contribution in [-0.4, -0.2) is 18.1 Å². The van der Waals surface area contributed by atoms with Crippen molar-refractivity contribution in [1.29, 1.82) is 0 Å². The molecule has 0 saturated heterocycles. The van der Waals surface area contributed by atoms with E-state index in [1.807, 2.05) is 55.5 Å². The Labute approximate surface area is 165 Å². The van der Waals surface area contributed by atoms with Gasteiger partial charge in [0.15, 0.2) is 5.11 Å². The van der Waals surface area contributed by atoms with E-state index in [9.17, 15) is 4.79 Å². The fourth-order valence-electron chi connectivity index (χ4n) is 2.88. The SMILES string of the molecule is COc1ccc(Br)cc1[C@@H]1NC(=S)NC(C)=C1C(=O)Nc1ccccc1. The maximum absolute atomic E-state index is 13.0. The first-order valence-electron chi connectivity index (χ1n) is 7.97. The number of rotatable bonds is 4. The summed E-state index contributed by atoms with van der Waals surface area (Å²) in [6.45, 7) is 1.84. The predicted octanol–water partition coefficient (Wildman–Crippen LogP) is 3.89. The minimum absolute atomic E-state index is 0.205. The van der Waals surface area contributed by atoms with Crippen LogP contribution in [0.4, 0.5) is 5.69 Å². The molecule has 0 spiro atoms. The summed E-state index contributed by atoms with van der Waals surface area (Å²) in [5.41, 5.74) is 2.81. The lowest BCUT2D eigenvalue weighted by Crippen LogP contribution is -2.45. The van der Waals surface area contributed by atoms with Gasteiger partial charge in [-0.3, -0.25) is 4.79 Å². The first-order valence-corrected chi connectivity index (χ1v) is 9.18. The first kappa shape index (κ1) is 18.4. The zero-order chi connectivity index (χ0) is 18.7. The van der Waals surface area contributed by atoms with E-state index in [2.05, 4.69) is 31.9 Å². The second-order valence-electron chi connectivity index (χ2n) is 5.78. The minimum Gasteiger partial charge on any atom is -0.496 e. The Morgan fingerprint density at radius 3 is 2.65 bits per heavy atom. The molecule has 7 heteroatoms. The second-order valence-corrected chi connectivity index (χ2v) is 7.10. The first-order chi connectivity index (χ1) is 12.5. The number of nitrogens with one attached hydrogen (secondary N) is 3. The van der Waals surface area contributed by atoms with E-state index in [4.69, 9.17) is 17.0 Å². The number of carbonyl (C=O) groups excluding carboxylic acids is 1. The number of amides is 1. The number of methoxy groups -OCH3 is 1. The molecule has 0 saturated carbocycles. The van der Waals surface area contributed by atoms with Crippen LogP contribution in [0.1, 0.15) is 18.5 Å². The Morgan fingerprint density at radius 1 is 1.23 bits per heavy atom. The molecule has 0 fully saturated rings. The minimum atomic E-state index is -0.431. The van der Waals surface area contributed by atoms with E-state index in [0.29, 0.717) is 22.1 Å². The summed E-state index contributed by atoms with van der Waals surface area (Å²) < 4.78 is 6.38. The maximum atomic E-state index is 13.0. The summed E-state index contributed by atoms with van der Waals surface area (Å²) in [4.78, 5) is 13.0. The number of carbonyl (C=O) groups is 1. The monoisotopic (exact) mass is 431 g/mol. The molecule has 1 atom stereocenters. The zero-order valence-electron chi connectivity index (χ0n) is 14.3. The maximum Gasteiger partial charge on any atom is 0.255 e. The molecule has 0 bridgehead atoms. The van der Waals surface area contributed by atoms with E-state index in [1.165, 1.54) is 0 Å². The Morgan fingerprint density at radius 2 is 1.96 bits per heavy atom. The Bertz CT molecular complexity index is 884. The molecule has 1 heterocycles. The van der Waals surface area contributed by atoms with Crippen LogP contribution in [0.3, 0.4) is 0 Å². The molecule has 3 rings (SSSR count). The van der Waals surface area contributed by atoms with Crippen molar-refractivity contribution in [2.24, 2.45) is 0 Å². The highest BCUT2D eigenvalue weighted by Gasteiger charge is 2.32. The van der Waals surface area contributed by atoms with Gasteiger partial charge in [-0.1, -0.05) is 34.1 Å². The molecule has 1 aliphatic heterocycles. The number of para-hydroxylation sites is 1. The molecule has 0 aromatic heterocycles. The van der Waals surface area contributed by atoms with Gasteiger partial charge in [-0.15, -0.1) is 0 Å². The third kappa shape index (κ3) is 3.89. The number of halogens is 1. The van der Waals surface area contributed by atoms with Crippen molar-refractivity contribution >= 4 is 44.9 Å². The molecule has 2 aromatic rings. The van der Waals surface area contributed by atoms with Crippen LogP contribution < -0.4 is 20.7 Å². The van der Waals surface area contributed by atoms with Gasteiger partial charge >= 0.3 is 0 Å². The Kier molecular flexibility index (Phi) is 5.58. The summed E-state index contributed by atoms with van der Waals surface area (Å²) in [5, 5.41) is 9.62. The smallest absolute Gasteiger partial charge is 0.255 e. The van der Waals surface area contributed by atoms with Crippen LogP contribution in [0.15, 0.2) is 64.3 Å². The van der Waals surface area contributed by atoms with E-state index in [0.717, 1.165) is 15.7 Å². The zero-order valence-corrected chi connectivity index (χ0v) is 16.7. The lowest BCUT2D eigenvalue weighted by Gasteiger charge is -2.31. The van der Waals surface area contributed by atoms with Crippen molar-refractivity contribution in [3.05, 3.63) is 69.8 Å². The summed E-state index contributed by atoms with van der Waals surface area (Å²) >= 11 is 8.79. The van der Waals surface area contributed by atoms with Crippen LogP contribution in [0, 0.1) is 0 Å². The average Bonchev–Trinajstić information content (AvgIpc) is 2.61. The predicted molar refractivity (Wildman–Crippen MR) is 110 cm³/mol. The lowest BCUT2D eigenvalue weighted by atomic mass is 9.94. The van der Waals surface area contributed by atoms with Gasteiger partial charge in [0.25, 0.3) is 5.91 Å². The van der Waals surface area contributed by atoms with E-state index < -0.39 is 6.04 Å². The molecule has 0 aliphatic carbocycles. The second kappa shape index (κ2) is 7.88. The van der Waals surface area contributed by atoms with Crippen molar-refractivity contribution in [3.63, 3.8) is 0 Å². The van der Waals surface area contributed by atoms with Gasteiger partial charge in [0.1, 0.15) is 5.75 Å². The number of anilines is 1. The highest BCUT2D eigenvalue weighted by atomic mass is 79.9. The van der Waals surface area contributed by atoms with E-state index in [-0.39, 0.29) is 5.91 Å². The molecule has 1 aliphatic rings. The molecule has 134 valence electrons. The largest absolute Gasteiger partial charge is 0.496 e. The molecule has 26 heavy (non-hydrogen) atoms. The van der Waals surface area contributed by atoms with Crippen LogP contribution >= 0.6 is 28.1 Å². The lowest BCUT2D eigenvalue weighted by molar-refractivity contribution is -0.113. The summed E-state index contributed by atoms with van der Waals surface area (Å²) in [6, 6.07) is 14.6. The van der Waals surface area contributed by atoms with Crippen molar-refractivity contribution in [2.45, 2.75) is 13.0 Å². The third-order valence-corrected chi connectivity index (χ3v) is 4.76. The number of thiocarbonyl (C=S) groups is 1. The molecule has 5 nitrogen and oxygen atoms in total. The normalized spacial score (nSPS) is 16.6. The molecular weight excluding hydrogens is 414 g/mol. The summed E-state index contributed by atoms with van der Waals surface area (Å²) in [6.07, 6.45) is 0. The van der Waals surface area contributed by atoms with Gasteiger partial charge < -0.3 is 20.7 Å². The van der Waals surface area contributed by atoms with Gasteiger partial charge in [-0.25, -0.2) is 0 Å². The number of ether oxygens (including phenoxy) is 1.